The summed E-state index contributed by atoms with van der Waals surface area (Å²) >= 11 is 0. The van der Waals surface area contributed by atoms with E-state index in [0.29, 0.717) is 17.4 Å². The highest BCUT2D eigenvalue weighted by Crippen LogP contribution is 2.40. The molecule has 1 saturated carbocycles. The Balaban J connectivity index is 1.88. The largest absolute Gasteiger partial charge is 0.384 e. The monoisotopic (exact) mass is 296 g/mol. The molecular weight excluding hydrogens is 260 g/mol. The third kappa shape index (κ3) is 4.94. The number of ether oxygens (including phenoxy) is 1. The van der Waals surface area contributed by atoms with E-state index in [4.69, 9.17) is 10.5 Å². The van der Waals surface area contributed by atoms with Crippen LogP contribution in [0.2, 0.25) is 0 Å². The van der Waals surface area contributed by atoms with Crippen molar-refractivity contribution in [2.75, 3.05) is 33.4 Å². The van der Waals surface area contributed by atoms with Crippen molar-refractivity contribution < 1.29 is 4.74 Å². The van der Waals surface area contributed by atoms with Gasteiger partial charge in [-0.1, -0.05) is 20.8 Å². The maximum atomic E-state index is 6.44. The van der Waals surface area contributed by atoms with Gasteiger partial charge in [-0.05, 0) is 61.8 Å². The minimum Gasteiger partial charge on any atom is -0.384 e. The molecule has 0 aromatic rings. The SMILES string of the molecule is COCC1CCCN(CC2CC(C(C)(C)C)CCC2N)C1. The van der Waals surface area contributed by atoms with Gasteiger partial charge in [-0.15, -0.1) is 0 Å². The van der Waals surface area contributed by atoms with Crippen LogP contribution >= 0.6 is 0 Å². The number of nitrogens with zero attached hydrogens (tertiary/aromatic N) is 1. The fraction of sp³-hybridized carbons (Fsp3) is 1.00. The quantitative estimate of drug-likeness (QED) is 0.866. The summed E-state index contributed by atoms with van der Waals surface area (Å²) in [5, 5.41) is 0. The van der Waals surface area contributed by atoms with E-state index in [9.17, 15) is 0 Å². The molecule has 2 N–H and O–H groups in total. The van der Waals surface area contributed by atoms with Gasteiger partial charge in [-0.2, -0.15) is 0 Å². The number of rotatable bonds is 4. The Hall–Kier alpha value is -0.120. The lowest BCUT2D eigenvalue weighted by Crippen LogP contribution is -2.47. The summed E-state index contributed by atoms with van der Waals surface area (Å²) in [5.74, 6) is 2.24. The Bertz CT molecular complexity index is 311. The molecule has 2 aliphatic rings. The minimum absolute atomic E-state index is 0.409. The molecular formula is C18H36N2O. The van der Waals surface area contributed by atoms with Gasteiger partial charge >= 0.3 is 0 Å². The standard InChI is InChI=1S/C18H36N2O/c1-18(2,3)16-7-8-17(19)15(10-16)12-20-9-5-6-14(11-20)13-21-4/h14-17H,5-13,19H2,1-4H3. The van der Waals surface area contributed by atoms with Crippen LogP contribution in [0.4, 0.5) is 0 Å². The van der Waals surface area contributed by atoms with Gasteiger partial charge in [-0.25, -0.2) is 0 Å². The van der Waals surface area contributed by atoms with Crippen molar-refractivity contribution >= 4 is 0 Å². The van der Waals surface area contributed by atoms with Crippen molar-refractivity contribution in [2.45, 2.75) is 58.9 Å². The molecule has 3 nitrogen and oxygen atoms in total. The minimum atomic E-state index is 0.409. The predicted molar refractivity (Wildman–Crippen MR) is 89.3 cm³/mol. The van der Waals surface area contributed by atoms with Gasteiger partial charge in [0.15, 0.2) is 0 Å². The zero-order chi connectivity index (χ0) is 15.5. The molecule has 1 heterocycles. The molecule has 2 rings (SSSR count). The van der Waals surface area contributed by atoms with Crippen LogP contribution in [-0.4, -0.2) is 44.3 Å². The molecule has 3 heteroatoms. The number of piperidine rings is 1. The molecule has 4 atom stereocenters. The van der Waals surface area contributed by atoms with Crippen molar-refractivity contribution in [3.8, 4) is 0 Å². The van der Waals surface area contributed by atoms with E-state index >= 15 is 0 Å². The first-order chi connectivity index (χ1) is 9.90. The molecule has 4 unspecified atom stereocenters. The van der Waals surface area contributed by atoms with Crippen LogP contribution in [0.3, 0.4) is 0 Å². The maximum Gasteiger partial charge on any atom is 0.0502 e. The fourth-order valence-corrected chi connectivity index (χ4v) is 4.30. The highest BCUT2D eigenvalue weighted by molar-refractivity contribution is 4.89. The van der Waals surface area contributed by atoms with E-state index in [0.717, 1.165) is 18.4 Å². The smallest absolute Gasteiger partial charge is 0.0502 e. The summed E-state index contributed by atoms with van der Waals surface area (Å²) < 4.78 is 5.35. The molecule has 1 aliphatic carbocycles. The van der Waals surface area contributed by atoms with Crippen molar-refractivity contribution in [2.24, 2.45) is 28.9 Å². The first-order valence-electron chi connectivity index (χ1n) is 8.87. The molecule has 21 heavy (non-hydrogen) atoms. The summed E-state index contributed by atoms with van der Waals surface area (Å²) in [6, 6.07) is 0.409. The van der Waals surface area contributed by atoms with E-state index < -0.39 is 0 Å². The molecule has 124 valence electrons. The molecule has 0 bridgehead atoms. The van der Waals surface area contributed by atoms with Gasteiger partial charge in [0.1, 0.15) is 0 Å². The first kappa shape index (κ1) is 17.2. The summed E-state index contributed by atoms with van der Waals surface area (Å²) in [4.78, 5) is 2.66. The van der Waals surface area contributed by atoms with E-state index in [-0.39, 0.29) is 0 Å². The van der Waals surface area contributed by atoms with Gasteiger partial charge in [-0.3, -0.25) is 0 Å². The van der Waals surface area contributed by atoms with Crippen LogP contribution in [0.25, 0.3) is 0 Å². The van der Waals surface area contributed by atoms with Crippen LogP contribution in [0.1, 0.15) is 52.9 Å². The molecule has 0 radical (unpaired) electrons. The van der Waals surface area contributed by atoms with Gasteiger partial charge in [0.25, 0.3) is 0 Å². The normalized spacial score (nSPS) is 35.9. The molecule has 0 spiro atoms. The Kier molecular flexibility index (Phi) is 6.10. The molecule has 0 aromatic carbocycles. The van der Waals surface area contributed by atoms with Gasteiger partial charge in [0.05, 0.1) is 6.61 Å². The first-order valence-corrected chi connectivity index (χ1v) is 8.87. The van der Waals surface area contributed by atoms with Crippen molar-refractivity contribution in [3.63, 3.8) is 0 Å². The van der Waals surface area contributed by atoms with Crippen molar-refractivity contribution in [3.05, 3.63) is 0 Å². The highest BCUT2D eigenvalue weighted by Gasteiger charge is 2.35. The Morgan fingerprint density at radius 2 is 1.95 bits per heavy atom. The zero-order valence-corrected chi connectivity index (χ0v) is 14.6. The van der Waals surface area contributed by atoms with Crippen LogP contribution in [-0.2, 0) is 4.74 Å². The average Bonchev–Trinajstić information content (AvgIpc) is 2.41. The maximum absolute atomic E-state index is 6.44. The van der Waals surface area contributed by atoms with Gasteiger partial charge < -0.3 is 15.4 Å². The second-order valence-corrected chi connectivity index (χ2v) is 8.52. The summed E-state index contributed by atoms with van der Waals surface area (Å²) in [7, 11) is 1.82. The number of hydrogen-bond acceptors (Lipinski definition) is 3. The summed E-state index contributed by atoms with van der Waals surface area (Å²) in [6.45, 7) is 11.7. The third-order valence-electron chi connectivity index (χ3n) is 5.76. The van der Waals surface area contributed by atoms with Crippen LogP contribution in [0.5, 0.6) is 0 Å². The summed E-state index contributed by atoms with van der Waals surface area (Å²) in [5.41, 5.74) is 6.87. The number of methoxy groups -OCH3 is 1. The molecule has 2 fully saturated rings. The second-order valence-electron chi connectivity index (χ2n) is 8.52. The third-order valence-corrected chi connectivity index (χ3v) is 5.76. The lowest BCUT2D eigenvalue weighted by atomic mass is 9.67. The topological polar surface area (TPSA) is 38.5 Å². The lowest BCUT2D eigenvalue weighted by Gasteiger charge is -2.43. The Labute approximate surface area is 131 Å². The lowest BCUT2D eigenvalue weighted by molar-refractivity contribution is 0.0587. The van der Waals surface area contributed by atoms with Gasteiger partial charge in [0, 0.05) is 26.2 Å². The van der Waals surface area contributed by atoms with Crippen LogP contribution in [0, 0.1) is 23.2 Å². The molecule has 1 aliphatic heterocycles. The van der Waals surface area contributed by atoms with Gasteiger partial charge in [0.2, 0.25) is 0 Å². The fourth-order valence-electron chi connectivity index (χ4n) is 4.30. The molecule has 1 saturated heterocycles. The predicted octanol–water partition coefficient (Wildman–Crippen LogP) is 3.13. The molecule has 0 amide bonds. The zero-order valence-electron chi connectivity index (χ0n) is 14.6. The van der Waals surface area contributed by atoms with Crippen LogP contribution < -0.4 is 5.73 Å². The Morgan fingerprint density at radius 3 is 2.62 bits per heavy atom. The van der Waals surface area contributed by atoms with Crippen molar-refractivity contribution in [1.29, 1.82) is 0 Å². The number of nitrogens with two attached hydrogens (primary N) is 1. The number of hydrogen-bond donors (Lipinski definition) is 1. The second kappa shape index (κ2) is 7.43. The van der Waals surface area contributed by atoms with Crippen LogP contribution in [0.15, 0.2) is 0 Å². The Morgan fingerprint density at radius 1 is 1.19 bits per heavy atom. The van der Waals surface area contributed by atoms with E-state index in [2.05, 4.69) is 25.7 Å². The van der Waals surface area contributed by atoms with E-state index in [1.54, 1.807) is 0 Å². The van der Waals surface area contributed by atoms with E-state index in [1.165, 1.54) is 51.7 Å². The molecule has 0 aromatic heterocycles. The van der Waals surface area contributed by atoms with E-state index in [1.807, 2.05) is 7.11 Å². The van der Waals surface area contributed by atoms with Crippen molar-refractivity contribution in [1.82, 2.24) is 4.90 Å². The highest BCUT2D eigenvalue weighted by atomic mass is 16.5. The number of likely N-dealkylation sites (tertiary alicyclic amines) is 1. The average molecular weight is 296 g/mol. The summed E-state index contributed by atoms with van der Waals surface area (Å²) in [6.07, 6.45) is 6.48.